The van der Waals surface area contributed by atoms with E-state index >= 15 is 0 Å². The van der Waals surface area contributed by atoms with E-state index in [-0.39, 0.29) is 24.0 Å². The summed E-state index contributed by atoms with van der Waals surface area (Å²) in [5.41, 5.74) is 0.939. The molecule has 0 spiro atoms. The number of benzene rings is 1. The molecule has 0 saturated carbocycles. The van der Waals surface area contributed by atoms with Gasteiger partial charge in [-0.1, -0.05) is 12.1 Å². The molecule has 0 radical (unpaired) electrons. The van der Waals surface area contributed by atoms with Crippen molar-refractivity contribution >= 4 is 17.4 Å². The van der Waals surface area contributed by atoms with Gasteiger partial charge in [0.1, 0.15) is 5.82 Å². The number of halogens is 1. The van der Waals surface area contributed by atoms with Crippen molar-refractivity contribution in [2.75, 3.05) is 13.7 Å². The molecule has 7 heteroatoms. The van der Waals surface area contributed by atoms with E-state index in [1.165, 1.54) is 12.1 Å². The summed E-state index contributed by atoms with van der Waals surface area (Å²) in [6.07, 6.45) is 3.15. The van der Waals surface area contributed by atoms with Gasteiger partial charge in [0.15, 0.2) is 0 Å². The summed E-state index contributed by atoms with van der Waals surface area (Å²) < 4.78 is 18.8. The average Bonchev–Trinajstić information content (AvgIpc) is 3.00. The lowest BCUT2D eigenvalue weighted by atomic mass is 9.97. The minimum absolute atomic E-state index is 0.0435. The number of ether oxygens (including phenoxy) is 1. The maximum Gasteiger partial charge on any atom is 0.317 e. The Bertz CT molecular complexity index is 719. The smallest absolute Gasteiger partial charge is 0.317 e. The maximum absolute atomic E-state index is 13.1. The highest BCUT2D eigenvalue weighted by Gasteiger charge is 2.26. The van der Waals surface area contributed by atoms with Crippen LogP contribution in [0.1, 0.15) is 34.4 Å². The van der Waals surface area contributed by atoms with Gasteiger partial charge < -0.3 is 15.0 Å². The first-order valence-corrected chi connectivity index (χ1v) is 9.13. The largest absolute Gasteiger partial charge is 0.373 e. The maximum atomic E-state index is 13.1. The monoisotopic (exact) mass is 363 g/mol. The highest BCUT2D eigenvalue weighted by Crippen LogP contribution is 2.28. The van der Waals surface area contributed by atoms with Crippen LogP contribution >= 0.6 is 11.3 Å². The summed E-state index contributed by atoms with van der Waals surface area (Å²) in [7, 11) is 1.78. The number of urea groups is 1. The second-order valence-electron chi connectivity index (χ2n) is 6.28. The van der Waals surface area contributed by atoms with Crippen molar-refractivity contribution in [1.29, 1.82) is 0 Å². The van der Waals surface area contributed by atoms with Crippen molar-refractivity contribution in [1.82, 2.24) is 15.2 Å². The van der Waals surface area contributed by atoms with Crippen LogP contribution in [0.5, 0.6) is 0 Å². The van der Waals surface area contributed by atoms with Gasteiger partial charge in [0.2, 0.25) is 0 Å². The number of thiazole rings is 1. The van der Waals surface area contributed by atoms with Gasteiger partial charge >= 0.3 is 6.03 Å². The zero-order valence-electron chi connectivity index (χ0n) is 14.4. The quantitative estimate of drug-likeness (QED) is 0.902. The lowest BCUT2D eigenvalue weighted by Gasteiger charge is -2.31. The molecule has 0 bridgehead atoms. The first-order chi connectivity index (χ1) is 12.0. The van der Waals surface area contributed by atoms with Crippen LogP contribution < -0.4 is 5.32 Å². The molecule has 25 heavy (non-hydrogen) atoms. The van der Waals surface area contributed by atoms with Crippen LogP contribution in [0.2, 0.25) is 0 Å². The van der Waals surface area contributed by atoms with E-state index in [0.717, 1.165) is 21.9 Å². The number of hydrogen-bond donors (Lipinski definition) is 1. The molecule has 1 aliphatic rings. The second-order valence-corrected chi connectivity index (χ2v) is 7.60. The molecular formula is C18H22FN3O2S. The van der Waals surface area contributed by atoms with Gasteiger partial charge in [0.05, 0.1) is 17.7 Å². The molecular weight excluding hydrogens is 341 g/mol. The number of rotatable bonds is 4. The Morgan fingerprint density at radius 3 is 2.88 bits per heavy atom. The van der Waals surface area contributed by atoms with Crippen molar-refractivity contribution in [2.45, 2.75) is 38.5 Å². The average molecular weight is 363 g/mol. The molecule has 1 aromatic carbocycles. The van der Waals surface area contributed by atoms with Crippen LogP contribution in [0.25, 0.3) is 0 Å². The fraction of sp³-hybridized carbons (Fsp3) is 0.444. The number of nitrogens with one attached hydrogen (secondary N) is 1. The van der Waals surface area contributed by atoms with E-state index in [9.17, 15) is 9.18 Å². The van der Waals surface area contributed by atoms with Gasteiger partial charge in [0.25, 0.3) is 0 Å². The molecule has 2 amide bonds. The zero-order chi connectivity index (χ0) is 17.8. The molecule has 2 aromatic rings. The summed E-state index contributed by atoms with van der Waals surface area (Å²) in [5, 5.41) is 4.07. The van der Waals surface area contributed by atoms with Crippen LogP contribution in [-0.4, -0.2) is 35.6 Å². The van der Waals surface area contributed by atoms with Gasteiger partial charge in [-0.05, 0) is 37.5 Å². The lowest BCUT2D eigenvalue weighted by molar-refractivity contribution is 0.00155. The van der Waals surface area contributed by atoms with Crippen LogP contribution in [0, 0.1) is 12.7 Å². The van der Waals surface area contributed by atoms with Crippen molar-refractivity contribution in [2.24, 2.45) is 0 Å². The van der Waals surface area contributed by atoms with E-state index in [4.69, 9.17) is 4.74 Å². The molecule has 1 fully saturated rings. The third-order valence-electron chi connectivity index (χ3n) is 4.26. The summed E-state index contributed by atoms with van der Waals surface area (Å²) in [4.78, 5) is 19.4. The number of aromatic nitrogens is 1. The summed E-state index contributed by atoms with van der Waals surface area (Å²) in [6, 6.07) is 6.29. The Morgan fingerprint density at radius 2 is 2.20 bits per heavy atom. The van der Waals surface area contributed by atoms with E-state index in [2.05, 4.69) is 10.3 Å². The number of aryl methyl sites for hydroxylation is 1. The molecule has 0 aliphatic carbocycles. The van der Waals surface area contributed by atoms with Crippen LogP contribution in [-0.2, 0) is 11.3 Å². The first-order valence-electron chi connectivity index (χ1n) is 8.31. The topological polar surface area (TPSA) is 54.5 Å². The number of carbonyl (C=O) groups excluding carboxylic acids is 1. The predicted octanol–water partition coefficient (Wildman–Crippen LogP) is 3.65. The molecule has 1 N–H and O–H groups in total. The Balaban J connectivity index is 1.54. The van der Waals surface area contributed by atoms with Gasteiger partial charge in [-0.25, -0.2) is 14.2 Å². The Hall–Kier alpha value is -1.99. The molecule has 3 rings (SSSR count). The van der Waals surface area contributed by atoms with Gasteiger partial charge in [-0.3, -0.25) is 0 Å². The highest BCUT2D eigenvalue weighted by molar-refractivity contribution is 7.11. The van der Waals surface area contributed by atoms with Crippen molar-refractivity contribution < 1.29 is 13.9 Å². The molecule has 5 nitrogen and oxygen atoms in total. The number of nitrogens with zero attached hydrogens (tertiary/aromatic N) is 2. The minimum atomic E-state index is -0.260. The first kappa shape index (κ1) is 17.8. The Labute approximate surface area is 150 Å². The van der Waals surface area contributed by atoms with Crippen molar-refractivity contribution in [3.63, 3.8) is 0 Å². The number of hydrogen-bond acceptors (Lipinski definition) is 4. The van der Waals surface area contributed by atoms with E-state index in [0.29, 0.717) is 19.6 Å². The van der Waals surface area contributed by atoms with Crippen LogP contribution in [0.3, 0.4) is 0 Å². The predicted molar refractivity (Wildman–Crippen MR) is 95.0 cm³/mol. The fourth-order valence-electron chi connectivity index (χ4n) is 2.91. The van der Waals surface area contributed by atoms with Crippen molar-refractivity contribution in [3.8, 4) is 0 Å². The third-order valence-corrected chi connectivity index (χ3v) is 5.16. The van der Waals surface area contributed by atoms with E-state index in [1.54, 1.807) is 35.4 Å². The summed E-state index contributed by atoms with van der Waals surface area (Å²) >= 11 is 1.59. The standard InChI is InChI=1S/C18H22FN3O2S/c1-12-20-10-16(25-12)11-22(2)18(23)21-15-7-8-24-17(9-15)13-3-5-14(19)6-4-13/h3-6,10,15,17H,7-9,11H2,1-2H3,(H,21,23). The van der Waals surface area contributed by atoms with Crippen LogP contribution in [0.15, 0.2) is 30.5 Å². The van der Waals surface area contributed by atoms with Gasteiger partial charge in [-0.2, -0.15) is 0 Å². The lowest BCUT2D eigenvalue weighted by Crippen LogP contribution is -2.45. The number of carbonyl (C=O) groups is 1. The minimum Gasteiger partial charge on any atom is -0.373 e. The SMILES string of the molecule is Cc1ncc(CN(C)C(=O)NC2CCOC(c3ccc(F)cc3)C2)s1. The Kier molecular flexibility index (Phi) is 5.65. The van der Waals surface area contributed by atoms with Gasteiger partial charge in [-0.15, -0.1) is 11.3 Å². The fourth-order valence-corrected chi connectivity index (χ4v) is 3.75. The Morgan fingerprint density at radius 1 is 1.44 bits per heavy atom. The van der Waals surface area contributed by atoms with Crippen LogP contribution in [0.4, 0.5) is 9.18 Å². The summed E-state index contributed by atoms with van der Waals surface area (Å²) in [6.45, 7) is 3.07. The molecule has 2 heterocycles. The second kappa shape index (κ2) is 7.93. The molecule has 1 saturated heterocycles. The third kappa shape index (κ3) is 4.76. The number of amides is 2. The summed E-state index contributed by atoms with van der Waals surface area (Å²) in [5.74, 6) is -0.260. The molecule has 2 atom stereocenters. The molecule has 134 valence electrons. The molecule has 1 aliphatic heterocycles. The molecule has 2 unspecified atom stereocenters. The van der Waals surface area contributed by atoms with Crippen molar-refractivity contribution in [3.05, 3.63) is 51.7 Å². The zero-order valence-corrected chi connectivity index (χ0v) is 15.2. The van der Waals surface area contributed by atoms with E-state index < -0.39 is 0 Å². The molecule has 1 aromatic heterocycles. The normalized spacial score (nSPS) is 20.3. The van der Waals surface area contributed by atoms with Gasteiger partial charge in [0, 0.05) is 30.8 Å². The van der Waals surface area contributed by atoms with E-state index in [1.807, 2.05) is 13.1 Å². The highest BCUT2D eigenvalue weighted by atomic mass is 32.1.